The fraction of sp³-hybridized carbons (Fsp3) is 0.625. The number of nitrogens with zero attached hydrogens (tertiary/aromatic N) is 2. The van der Waals surface area contributed by atoms with E-state index in [-0.39, 0.29) is 0 Å². The molecule has 4 nitrogen and oxygen atoms in total. The number of pyridine rings is 1. The normalized spacial score (nSPS) is 11.8. The molecule has 4 heteroatoms. The number of guanidine groups is 1. The van der Waals surface area contributed by atoms with Crippen LogP contribution in [0.4, 0.5) is 0 Å². The number of aliphatic imine (C=N–C) groups is 1. The molecule has 0 radical (unpaired) electrons. The summed E-state index contributed by atoms with van der Waals surface area (Å²) >= 11 is 0. The van der Waals surface area contributed by atoms with E-state index in [1.807, 2.05) is 19.4 Å². The Hall–Kier alpha value is -1.58. The van der Waals surface area contributed by atoms with Gasteiger partial charge in [-0.15, -0.1) is 0 Å². The highest BCUT2D eigenvalue weighted by molar-refractivity contribution is 5.79. The molecule has 0 spiro atoms. The van der Waals surface area contributed by atoms with Gasteiger partial charge < -0.3 is 10.6 Å². The maximum atomic E-state index is 4.24. The van der Waals surface area contributed by atoms with Crippen molar-refractivity contribution >= 4 is 5.96 Å². The second-order valence-corrected chi connectivity index (χ2v) is 5.51. The van der Waals surface area contributed by atoms with E-state index in [2.05, 4.69) is 47.4 Å². The van der Waals surface area contributed by atoms with Gasteiger partial charge in [-0.3, -0.25) is 9.98 Å². The van der Waals surface area contributed by atoms with Crippen LogP contribution in [0.15, 0.2) is 23.5 Å². The highest BCUT2D eigenvalue weighted by Gasteiger charge is 2.00. The smallest absolute Gasteiger partial charge is 0.190 e. The van der Waals surface area contributed by atoms with Gasteiger partial charge in [-0.1, -0.05) is 13.8 Å². The average molecular weight is 276 g/mol. The standard InChI is InChI=1S/C16H28N4/c1-13(2)6-5-9-19-16(17-4)20-11-8-15-7-10-18-12-14(15)3/h7,10,12-13H,5-6,8-9,11H2,1-4H3,(H2,17,19,20). The molecule has 112 valence electrons. The van der Waals surface area contributed by atoms with Crippen LogP contribution in [0, 0.1) is 12.8 Å². The predicted molar refractivity (Wildman–Crippen MR) is 86.1 cm³/mol. The molecule has 0 aromatic carbocycles. The largest absolute Gasteiger partial charge is 0.356 e. The molecular weight excluding hydrogens is 248 g/mol. The van der Waals surface area contributed by atoms with Gasteiger partial charge in [0.25, 0.3) is 0 Å². The Morgan fingerprint density at radius 2 is 2.05 bits per heavy atom. The molecule has 0 saturated heterocycles. The summed E-state index contributed by atoms with van der Waals surface area (Å²) in [7, 11) is 1.81. The highest BCUT2D eigenvalue weighted by atomic mass is 15.2. The summed E-state index contributed by atoms with van der Waals surface area (Å²) in [5.41, 5.74) is 2.58. The quantitative estimate of drug-likeness (QED) is 0.457. The number of hydrogen-bond acceptors (Lipinski definition) is 2. The zero-order chi connectivity index (χ0) is 14.8. The lowest BCUT2D eigenvalue weighted by atomic mass is 10.1. The number of rotatable bonds is 7. The zero-order valence-electron chi connectivity index (χ0n) is 13.2. The summed E-state index contributed by atoms with van der Waals surface area (Å²) < 4.78 is 0. The second kappa shape index (κ2) is 9.34. The van der Waals surface area contributed by atoms with E-state index in [9.17, 15) is 0 Å². The molecule has 0 aliphatic rings. The molecule has 0 unspecified atom stereocenters. The Kier molecular flexibility index (Phi) is 7.70. The monoisotopic (exact) mass is 276 g/mol. The minimum atomic E-state index is 0.765. The molecule has 0 aliphatic carbocycles. The molecular formula is C16H28N4. The number of nitrogens with one attached hydrogen (secondary N) is 2. The van der Waals surface area contributed by atoms with E-state index in [0.717, 1.165) is 31.4 Å². The first-order chi connectivity index (χ1) is 9.63. The fourth-order valence-electron chi connectivity index (χ4n) is 2.04. The first kappa shape index (κ1) is 16.5. The van der Waals surface area contributed by atoms with Crippen LogP contribution < -0.4 is 10.6 Å². The van der Waals surface area contributed by atoms with Gasteiger partial charge in [0.15, 0.2) is 5.96 Å². The van der Waals surface area contributed by atoms with Crippen LogP contribution in [0.3, 0.4) is 0 Å². The maximum Gasteiger partial charge on any atom is 0.190 e. The minimum Gasteiger partial charge on any atom is -0.356 e. The first-order valence-corrected chi connectivity index (χ1v) is 7.47. The van der Waals surface area contributed by atoms with Gasteiger partial charge in [-0.2, -0.15) is 0 Å². The van der Waals surface area contributed by atoms with Crippen LogP contribution in [0.5, 0.6) is 0 Å². The van der Waals surface area contributed by atoms with E-state index in [1.54, 1.807) is 0 Å². The average Bonchev–Trinajstić information content (AvgIpc) is 2.43. The predicted octanol–water partition coefficient (Wildman–Crippen LogP) is 2.53. The SMILES string of the molecule is CN=C(NCCCC(C)C)NCCc1ccncc1C. The summed E-state index contributed by atoms with van der Waals surface area (Å²) in [5.74, 6) is 1.65. The maximum absolute atomic E-state index is 4.24. The Morgan fingerprint density at radius 3 is 2.70 bits per heavy atom. The van der Waals surface area contributed by atoms with Gasteiger partial charge in [-0.25, -0.2) is 0 Å². The minimum absolute atomic E-state index is 0.765. The Morgan fingerprint density at radius 1 is 1.30 bits per heavy atom. The third-order valence-corrected chi connectivity index (χ3v) is 3.30. The van der Waals surface area contributed by atoms with Gasteiger partial charge in [0, 0.05) is 32.5 Å². The van der Waals surface area contributed by atoms with Crippen LogP contribution in [-0.4, -0.2) is 31.1 Å². The lowest BCUT2D eigenvalue weighted by Gasteiger charge is -2.13. The van der Waals surface area contributed by atoms with Crippen molar-refractivity contribution in [3.8, 4) is 0 Å². The molecule has 2 N–H and O–H groups in total. The van der Waals surface area contributed by atoms with Gasteiger partial charge in [0.05, 0.1) is 0 Å². The van der Waals surface area contributed by atoms with E-state index in [0.29, 0.717) is 0 Å². The summed E-state index contributed by atoms with van der Waals surface area (Å²) in [6.07, 6.45) is 7.18. The van der Waals surface area contributed by atoms with E-state index >= 15 is 0 Å². The van der Waals surface area contributed by atoms with Crippen molar-refractivity contribution in [3.63, 3.8) is 0 Å². The Balaban J connectivity index is 2.23. The van der Waals surface area contributed by atoms with Crippen molar-refractivity contribution in [2.45, 2.75) is 40.0 Å². The molecule has 0 fully saturated rings. The number of aromatic nitrogens is 1. The van der Waals surface area contributed by atoms with E-state index in [4.69, 9.17) is 0 Å². The van der Waals surface area contributed by atoms with Crippen molar-refractivity contribution < 1.29 is 0 Å². The summed E-state index contributed by atoms with van der Waals surface area (Å²) in [6, 6.07) is 2.08. The van der Waals surface area contributed by atoms with Crippen LogP contribution in [-0.2, 0) is 6.42 Å². The Bertz CT molecular complexity index is 413. The molecule has 1 aromatic heterocycles. The number of hydrogen-bond donors (Lipinski definition) is 2. The molecule has 0 bridgehead atoms. The van der Waals surface area contributed by atoms with Gasteiger partial charge >= 0.3 is 0 Å². The van der Waals surface area contributed by atoms with Crippen LogP contribution in [0.1, 0.15) is 37.8 Å². The zero-order valence-corrected chi connectivity index (χ0v) is 13.2. The highest BCUT2D eigenvalue weighted by Crippen LogP contribution is 2.05. The summed E-state index contributed by atoms with van der Waals surface area (Å²) in [6.45, 7) is 8.47. The molecule has 0 atom stereocenters. The molecule has 1 heterocycles. The van der Waals surface area contributed by atoms with Crippen LogP contribution in [0.25, 0.3) is 0 Å². The van der Waals surface area contributed by atoms with E-state index in [1.165, 1.54) is 24.0 Å². The summed E-state index contributed by atoms with van der Waals surface area (Å²) in [5, 5.41) is 6.70. The molecule has 0 amide bonds. The van der Waals surface area contributed by atoms with Crippen molar-refractivity contribution in [1.82, 2.24) is 15.6 Å². The molecule has 1 aromatic rings. The van der Waals surface area contributed by atoms with Gasteiger partial charge in [0.2, 0.25) is 0 Å². The fourth-order valence-corrected chi connectivity index (χ4v) is 2.04. The van der Waals surface area contributed by atoms with Crippen LogP contribution in [0.2, 0.25) is 0 Å². The molecule has 1 rings (SSSR count). The van der Waals surface area contributed by atoms with Crippen molar-refractivity contribution in [2.75, 3.05) is 20.1 Å². The summed E-state index contributed by atoms with van der Waals surface area (Å²) in [4.78, 5) is 8.35. The molecule has 0 aliphatic heterocycles. The number of aryl methyl sites for hydroxylation is 1. The topological polar surface area (TPSA) is 49.3 Å². The lowest BCUT2D eigenvalue weighted by Crippen LogP contribution is -2.38. The third-order valence-electron chi connectivity index (χ3n) is 3.30. The van der Waals surface area contributed by atoms with Crippen molar-refractivity contribution in [1.29, 1.82) is 0 Å². The Labute approximate surface area is 123 Å². The van der Waals surface area contributed by atoms with Crippen LogP contribution >= 0.6 is 0 Å². The van der Waals surface area contributed by atoms with Crippen molar-refractivity contribution in [2.24, 2.45) is 10.9 Å². The van der Waals surface area contributed by atoms with Crippen molar-refractivity contribution in [3.05, 3.63) is 29.6 Å². The van der Waals surface area contributed by atoms with E-state index < -0.39 is 0 Å². The first-order valence-electron chi connectivity index (χ1n) is 7.47. The molecule has 20 heavy (non-hydrogen) atoms. The molecule has 0 saturated carbocycles. The second-order valence-electron chi connectivity index (χ2n) is 5.51. The van der Waals surface area contributed by atoms with Gasteiger partial charge in [0.1, 0.15) is 0 Å². The third kappa shape index (κ3) is 6.55. The van der Waals surface area contributed by atoms with Gasteiger partial charge in [-0.05, 0) is 49.3 Å². The lowest BCUT2D eigenvalue weighted by molar-refractivity contribution is 0.549.